The maximum atomic E-state index is 6.07. The molecule has 90 valence electrons. The van der Waals surface area contributed by atoms with Gasteiger partial charge in [0.05, 0.1) is 15.2 Å². The van der Waals surface area contributed by atoms with Crippen LogP contribution < -0.4 is 5.73 Å². The third-order valence-corrected chi connectivity index (χ3v) is 4.89. The second-order valence-corrected chi connectivity index (χ2v) is 6.34. The fraction of sp³-hybridized carbons (Fsp3) is 0. The summed E-state index contributed by atoms with van der Waals surface area (Å²) < 4.78 is 2.03. The Labute approximate surface area is 117 Å². The first kappa shape index (κ1) is 11.8. The standard InChI is InChI=1S/C12H8ClN3S2/c13-8-6-15-4-3-10(8)17-12-16-9-2-1-7(14)5-11(9)18-12/h1-6H,14H2. The Morgan fingerprint density at radius 3 is 3.00 bits per heavy atom. The lowest BCUT2D eigenvalue weighted by atomic mass is 10.3. The number of nitrogens with zero attached hydrogens (tertiary/aromatic N) is 2. The monoisotopic (exact) mass is 293 g/mol. The number of anilines is 1. The Balaban J connectivity index is 1.98. The van der Waals surface area contributed by atoms with Crippen molar-refractivity contribution >= 4 is 50.6 Å². The van der Waals surface area contributed by atoms with Gasteiger partial charge in [0.25, 0.3) is 0 Å². The van der Waals surface area contributed by atoms with Gasteiger partial charge in [-0.25, -0.2) is 4.98 Å². The molecule has 0 bridgehead atoms. The van der Waals surface area contributed by atoms with E-state index in [9.17, 15) is 0 Å². The molecule has 6 heteroatoms. The van der Waals surface area contributed by atoms with E-state index in [4.69, 9.17) is 17.3 Å². The number of rotatable bonds is 2. The summed E-state index contributed by atoms with van der Waals surface area (Å²) in [6.45, 7) is 0. The number of thiazole rings is 1. The first-order valence-corrected chi connectivity index (χ1v) is 7.17. The lowest BCUT2D eigenvalue weighted by Crippen LogP contribution is -1.81. The molecule has 0 atom stereocenters. The molecule has 3 rings (SSSR count). The van der Waals surface area contributed by atoms with E-state index in [1.807, 2.05) is 24.3 Å². The van der Waals surface area contributed by atoms with Gasteiger partial charge in [-0.1, -0.05) is 23.4 Å². The van der Waals surface area contributed by atoms with Crippen molar-refractivity contribution in [3.05, 3.63) is 41.7 Å². The highest BCUT2D eigenvalue weighted by atomic mass is 35.5. The van der Waals surface area contributed by atoms with Crippen LogP contribution in [0.2, 0.25) is 5.02 Å². The number of benzene rings is 1. The molecule has 0 amide bonds. The molecule has 0 saturated heterocycles. The van der Waals surface area contributed by atoms with E-state index in [1.54, 1.807) is 35.5 Å². The van der Waals surface area contributed by atoms with Gasteiger partial charge in [0.1, 0.15) is 0 Å². The molecule has 0 fully saturated rings. The quantitative estimate of drug-likeness (QED) is 0.723. The lowest BCUT2D eigenvalue weighted by molar-refractivity contribution is 1.25. The van der Waals surface area contributed by atoms with Gasteiger partial charge in [-0.3, -0.25) is 4.98 Å². The molecule has 18 heavy (non-hydrogen) atoms. The van der Waals surface area contributed by atoms with Crippen LogP contribution in [0.5, 0.6) is 0 Å². The van der Waals surface area contributed by atoms with E-state index in [1.165, 1.54) is 0 Å². The Bertz CT molecular complexity index is 711. The molecule has 0 saturated carbocycles. The maximum absolute atomic E-state index is 6.07. The van der Waals surface area contributed by atoms with Gasteiger partial charge in [0.15, 0.2) is 4.34 Å². The van der Waals surface area contributed by atoms with Crippen molar-refractivity contribution in [3.8, 4) is 0 Å². The fourth-order valence-electron chi connectivity index (χ4n) is 1.50. The topological polar surface area (TPSA) is 51.8 Å². The molecule has 2 aromatic heterocycles. The predicted molar refractivity (Wildman–Crippen MR) is 77.4 cm³/mol. The number of nitrogen functional groups attached to an aromatic ring is 1. The highest BCUT2D eigenvalue weighted by Gasteiger charge is 2.08. The van der Waals surface area contributed by atoms with E-state index in [-0.39, 0.29) is 0 Å². The minimum atomic E-state index is 0.640. The smallest absolute Gasteiger partial charge is 0.155 e. The Morgan fingerprint density at radius 1 is 1.28 bits per heavy atom. The van der Waals surface area contributed by atoms with Crippen LogP contribution in [0.1, 0.15) is 0 Å². The van der Waals surface area contributed by atoms with Gasteiger partial charge in [-0.15, -0.1) is 11.3 Å². The highest BCUT2D eigenvalue weighted by Crippen LogP contribution is 2.37. The van der Waals surface area contributed by atoms with Crippen molar-refractivity contribution in [1.82, 2.24) is 9.97 Å². The zero-order chi connectivity index (χ0) is 12.5. The predicted octanol–water partition coefficient (Wildman–Crippen LogP) is 4.08. The molecule has 2 heterocycles. The molecule has 3 aromatic rings. The van der Waals surface area contributed by atoms with Gasteiger partial charge in [-0.2, -0.15) is 0 Å². The van der Waals surface area contributed by atoms with Gasteiger partial charge < -0.3 is 5.73 Å². The summed E-state index contributed by atoms with van der Waals surface area (Å²) in [5.41, 5.74) is 7.47. The van der Waals surface area contributed by atoms with Crippen molar-refractivity contribution in [2.24, 2.45) is 0 Å². The number of pyridine rings is 1. The fourth-order valence-corrected chi connectivity index (χ4v) is 3.80. The van der Waals surface area contributed by atoms with E-state index in [2.05, 4.69) is 9.97 Å². The second-order valence-electron chi connectivity index (χ2n) is 3.62. The molecule has 3 nitrogen and oxygen atoms in total. The van der Waals surface area contributed by atoms with Gasteiger partial charge in [0.2, 0.25) is 0 Å². The number of hydrogen-bond donors (Lipinski definition) is 1. The van der Waals surface area contributed by atoms with Crippen LogP contribution in [-0.4, -0.2) is 9.97 Å². The van der Waals surface area contributed by atoms with Crippen molar-refractivity contribution in [2.45, 2.75) is 9.24 Å². The third kappa shape index (κ3) is 2.29. The summed E-state index contributed by atoms with van der Waals surface area (Å²) in [7, 11) is 0. The number of aromatic nitrogens is 2. The normalized spacial score (nSPS) is 10.9. The van der Waals surface area contributed by atoms with Crippen LogP contribution in [0, 0.1) is 0 Å². The molecular weight excluding hydrogens is 286 g/mol. The molecular formula is C12H8ClN3S2. The summed E-state index contributed by atoms with van der Waals surface area (Å²) >= 11 is 9.22. The van der Waals surface area contributed by atoms with Crippen molar-refractivity contribution in [2.75, 3.05) is 5.73 Å². The first-order valence-electron chi connectivity index (χ1n) is 5.16. The Morgan fingerprint density at radius 2 is 2.17 bits per heavy atom. The molecule has 2 N–H and O–H groups in total. The van der Waals surface area contributed by atoms with Crippen LogP contribution in [-0.2, 0) is 0 Å². The lowest BCUT2D eigenvalue weighted by Gasteiger charge is -1.98. The van der Waals surface area contributed by atoms with Crippen LogP contribution in [0.15, 0.2) is 45.9 Å². The summed E-state index contributed by atoms with van der Waals surface area (Å²) in [5.74, 6) is 0. The second kappa shape index (κ2) is 4.76. The van der Waals surface area contributed by atoms with Crippen LogP contribution in [0.4, 0.5) is 5.69 Å². The molecule has 0 radical (unpaired) electrons. The SMILES string of the molecule is Nc1ccc2nc(Sc3ccncc3Cl)sc2c1. The zero-order valence-electron chi connectivity index (χ0n) is 9.13. The molecule has 0 unspecified atom stereocenters. The molecule has 0 aliphatic rings. The van der Waals surface area contributed by atoms with E-state index in [0.717, 1.165) is 25.1 Å². The maximum Gasteiger partial charge on any atom is 0.155 e. The van der Waals surface area contributed by atoms with Crippen molar-refractivity contribution in [1.29, 1.82) is 0 Å². The van der Waals surface area contributed by atoms with E-state index >= 15 is 0 Å². The van der Waals surface area contributed by atoms with Crippen LogP contribution in [0.25, 0.3) is 10.2 Å². The van der Waals surface area contributed by atoms with Gasteiger partial charge in [0, 0.05) is 23.0 Å². The molecule has 0 aliphatic heterocycles. The Hall–Kier alpha value is -1.30. The average Bonchev–Trinajstić information content (AvgIpc) is 2.73. The van der Waals surface area contributed by atoms with E-state index in [0.29, 0.717) is 5.02 Å². The molecule has 1 aromatic carbocycles. The zero-order valence-corrected chi connectivity index (χ0v) is 11.5. The summed E-state index contributed by atoms with van der Waals surface area (Å²) in [5, 5.41) is 0.640. The van der Waals surface area contributed by atoms with Gasteiger partial charge in [-0.05, 0) is 24.3 Å². The summed E-state index contributed by atoms with van der Waals surface area (Å²) in [6, 6.07) is 7.61. The number of hydrogen-bond acceptors (Lipinski definition) is 5. The third-order valence-electron chi connectivity index (χ3n) is 2.33. The highest BCUT2D eigenvalue weighted by molar-refractivity contribution is 8.01. The minimum absolute atomic E-state index is 0.640. The Kier molecular flexibility index (Phi) is 3.11. The van der Waals surface area contributed by atoms with Crippen molar-refractivity contribution < 1.29 is 0 Å². The average molecular weight is 294 g/mol. The van der Waals surface area contributed by atoms with Crippen LogP contribution in [0.3, 0.4) is 0 Å². The van der Waals surface area contributed by atoms with Gasteiger partial charge >= 0.3 is 0 Å². The van der Waals surface area contributed by atoms with Crippen LogP contribution >= 0.6 is 34.7 Å². The molecule has 0 aliphatic carbocycles. The van der Waals surface area contributed by atoms with Crippen molar-refractivity contribution in [3.63, 3.8) is 0 Å². The minimum Gasteiger partial charge on any atom is -0.399 e. The summed E-state index contributed by atoms with van der Waals surface area (Å²) in [6.07, 6.45) is 3.36. The number of nitrogens with two attached hydrogens (primary N) is 1. The number of fused-ring (bicyclic) bond motifs is 1. The molecule has 0 spiro atoms. The summed E-state index contributed by atoms with van der Waals surface area (Å²) in [4.78, 5) is 9.46. The number of halogens is 1. The first-order chi connectivity index (χ1) is 8.72. The largest absolute Gasteiger partial charge is 0.399 e. The van der Waals surface area contributed by atoms with E-state index < -0.39 is 0 Å².